The summed E-state index contributed by atoms with van der Waals surface area (Å²) in [6, 6.07) is 9.41. The lowest BCUT2D eigenvalue weighted by Gasteiger charge is -2.37. The summed E-state index contributed by atoms with van der Waals surface area (Å²) in [5.74, 6) is 0. The first-order valence-electron chi connectivity index (χ1n) is 6.27. The van der Waals surface area contributed by atoms with Crippen LogP contribution >= 0.6 is 12.2 Å². The van der Waals surface area contributed by atoms with E-state index in [9.17, 15) is 0 Å². The van der Waals surface area contributed by atoms with Crippen LogP contribution in [0.1, 0.15) is 32.8 Å². The molecule has 0 aliphatic carbocycles. The fraction of sp³-hybridized carbons (Fsp3) is 0.500. The van der Waals surface area contributed by atoms with E-state index in [2.05, 4.69) is 55.3 Å². The van der Waals surface area contributed by atoms with Crippen LogP contribution in [0.2, 0.25) is 0 Å². The largest absolute Gasteiger partial charge is 0.360 e. The summed E-state index contributed by atoms with van der Waals surface area (Å²) < 4.78 is 0. The molecule has 17 heavy (non-hydrogen) atoms. The lowest BCUT2D eigenvalue weighted by molar-refractivity contribution is 0.614. The molecule has 1 atom stereocenters. The van der Waals surface area contributed by atoms with Crippen molar-refractivity contribution in [1.82, 2.24) is 5.32 Å². The van der Waals surface area contributed by atoms with E-state index in [1.165, 1.54) is 11.3 Å². The highest BCUT2D eigenvalue weighted by atomic mass is 32.1. The van der Waals surface area contributed by atoms with Crippen LogP contribution in [0.5, 0.6) is 0 Å². The van der Waals surface area contributed by atoms with Crippen LogP contribution in [0.4, 0.5) is 5.69 Å². The van der Waals surface area contributed by atoms with Gasteiger partial charge in [-0.05, 0) is 57.5 Å². The zero-order valence-corrected chi connectivity index (χ0v) is 11.6. The van der Waals surface area contributed by atoms with Crippen molar-refractivity contribution in [2.75, 3.05) is 4.90 Å². The molecule has 2 rings (SSSR count). The molecule has 1 heterocycles. The maximum atomic E-state index is 5.52. The van der Waals surface area contributed by atoms with Gasteiger partial charge in [0.1, 0.15) is 0 Å². The SMILES string of the molecule is CC(C)NC(=S)N1c2ccccc2CC[C@@H]1C. The van der Waals surface area contributed by atoms with Gasteiger partial charge in [-0.2, -0.15) is 0 Å². The van der Waals surface area contributed by atoms with Crippen molar-refractivity contribution < 1.29 is 0 Å². The van der Waals surface area contributed by atoms with Crippen LogP contribution in [-0.4, -0.2) is 17.2 Å². The number of rotatable bonds is 1. The maximum Gasteiger partial charge on any atom is 0.173 e. The lowest BCUT2D eigenvalue weighted by atomic mass is 9.97. The predicted molar refractivity (Wildman–Crippen MR) is 77.6 cm³/mol. The Balaban J connectivity index is 2.29. The summed E-state index contributed by atoms with van der Waals surface area (Å²) >= 11 is 5.52. The number of benzene rings is 1. The van der Waals surface area contributed by atoms with Crippen LogP contribution < -0.4 is 10.2 Å². The monoisotopic (exact) mass is 248 g/mol. The molecule has 0 radical (unpaired) electrons. The number of hydrogen-bond donors (Lipinski definition) is 1. The van der Waals surface area contributed by atoms with Crippen molar-refractivity contribution in [2.45, 2.75) is 45.7 Å². The molecule has 1 aromatic carbocycles. The zero-order chi connectivity index (χ0) is 12.4. The molecular formula is C14H20N2S. The average molecular weight is 248 g/mol. The van der Waals surface area contributed by atoms with E-state index in [0.29, 0.717) is 12.1 Å². The van der Waals surface area contributed by atoms with Crippen molar-refractivity contribution in [1.29, 1.82) is 0 Å². The highest BCUT2D eigenvalue weighted by Crippen LogP contribution is 2.30. The molecule has 0 spiro atoms. The number of anilines is 1. The van der Waals surface area contributed by atoms with Gasteiger partial charge in [-0.25, -0.2) is 0 Å². The first-order chi connectivity index (χ1) is 8.09. The van der Waals surface area contributed by atoms with Gasteiger partial charge in [-0.1, -0.05) is 18.2 Å². The summed E-state index contributed by atoms with van der Waals surface area (Å²) in [7, 11) is 0. The number of hydrogen-bond acceptors (Lipinski definition) is 1. The van der Waals surface area contributed by atoms with E-state index in [-0.39, 0.29) is 0 Å². The van der Waals surface area contributed by atoms with Crippen LogP contribution in [0.15, 0.2) is 24.3 Å². The predicted octanol–water partition coefficient (Wildman–Crippen LogP) is 3.11. The summed E-state index contributed by atoms with van der Waals surface area (Å²) in [6.07, 6.45) is 2.31. The van der Waals surface area contributed by atoms with Gasteiger partial charge < -0.3 is 10.2 Å². The van der Waals surface area contributed by atoms with E-state index < -0.39 is 0 Å². The third kappa shape index (κ3) is 2.60. The zero-order valence-electron chi connectivity index (χ0n) is 10.7. The molecule has 92 valence electrons. The molecule has 0 saturated carbocycles. The molecule has 0 saturated heterocycles. The normalized spacial score (nSPS) is 19.1. The average Bonchev–Trinajstić information content (AvgIpc) is 2.27. The molecule has 3 heteroatoms. The number of nitrogens with zero attached hydrogens (tertiary/aromatic N) is 1. The van der Waals surface area contributed by atoms with Gasteiger partial charge in [0.25, 0.3) is 0 Å². The minimum absolute atomic E-state index is 0.379. The van der Waals surface area contributed by atoms with Crippen LogP contribution in [-0.2, 0) is 6.42 Å². The number of thiocarbonyl (C=S) groups is 1. The fourth-order valence-corrected chi connectivity index (χ4v) is 2.83. The third-order valence-corrected chi connectivity index (χ3v) is 3.47. The van der Waals surface area contributed by atoms with Gasteiger partial charge in [-0.15, -0.1) is 0 Å². The Morgan fingerprint density at radius 3 is 2.82 bits per heavy atom. The number of fused-ring (bicyclic) bond motifs is 1. The van der Waals surface area contributed by atoms with Crippen molar-refractivity contribution in [3.05, 3.63) is 29.8 Å². The number of nitrogens with one attached hydrogen (secondary N) is 1. The van der Waals surface area contributed by atoms with Crippen molar-refractivity contribution >= 4 is 23.0 Å². The second kappa shape index (κ2) is 5.05. The molecule has 1 aliphatic heterocycles. The van der Waals surface area contributed by atoms with E-state index in [1.54, 1.807) is 0 Å². The van der Waals surface area contributed by atoms with Gasteiger partial charge in [-0.3, -0.25) is 0 Å². The molecule has 1 N–H and O–H groups in total. The quantitative estimate of drug-likeness (QED) is 0.769. The molecular weight excluding hydrogens is 228 g/mol. The highest BCUT2D eigenvalue weighted by Gasteiger charge is 2.25. The smallest absolute Gasteiger partial charge is 0.173 e. The molecule has 2 nitrogen and oxygen atoms in total. The first kappa shape index (κ1) is 12.4. The van der Waals surface area contributed by atoms with Crippen LogP contribution in [0, 0.1) is 0 Å². The molecule has 0 bridgehead atoms. The van der Waals surface area contributed by atoms with Crippen LogP contribution in [0.3, 0.4) is 0 Å². The molecule has 0 amide bonds. The Hall–Kier alpha value is -1.09. The van der Waals surface area contributed by atoms with Crippen LogP contribution in [0.25, 0.3) is 0 Å². The Bertz CT molecular complexity index is 414. The lowest BCUT2D eigenvalue weighted by Crippen LogP contribution is -2.49. The Morgan fingerprint density at radius 1 is 1.41 bits per heavy atom. The Morgan fingerprint density at radius 2 is 2.12 bits per heavy atom. The van der Waals surface area contributed by atoms with Gasteiger partial charge in [0, 0.05) is 17.8 Å². The standard InChI is InChI=1S/C14H20N2S/c1-10(2)15-14(17)16-11(3)8-9-12-6-4-5-7-13(12)16/h4-7,10-11H,8-9H2,1-3H3,(H,15,17)/t11-/m0/s1. The molecule has 1 aliphatic rings. The van der Waals surface area contributed by atoms with E-state index in [1.807, 2.05) is 0 Å². The Labute approximate surface area is 109 Å². The molecule has 0 aromatic heterocycles. The van der Waals surface area contributed by atoms with Gasteiger partial charge in [0.05, 0.1) is 0 Å². The molecule has 0 unspecified atom stereocenters. The van der Waals surface area contributed by atoms with E-state index in [4.69, 9.17) is 12.2 Å². The van der Waals surface area contributed by atoms with Gasteiger partial charge in [0.2, 0.25) is 0 Å². The second-order valence-electron chi connectivity index (χ2n) is 4.99. The number of aryl methyl sites for hydroxylation is 1. The summed E-state index contributed by atoms with van der Waals surface area (Å²) in [5.41, 5.74) is 2.67. The summed E-state index contributed by atoms with van der Waals surface area (Å²) in [5, 5.41) is 4.19. The molecule has 0 fully saturated rings. The summed E-state index contributed by atoms with van der Waals surface area (Å²) in [4.78, 5) is 2.26. The van der Waals surface area contributed by atoms with Crippen molar-refractivity contribution in [2.24, 2.45) is 0 Å². The van der Waals surface area contributed by atoms with Gasteiger partial charge in [0.15, 0.2) is 5.11 Å². The minimum atomic E-state index is 0.379. The maximum absolute atomic E-state index is 5.52. The van der Waals surface area contributed by atoms with Crippen molar-refractivity contribution in [3.8, 4) is 0 Å². The second-order valence-corrected chi connectivity index (χ2v) is 5.38. The number of para-hydroxylation sites is 1. The topological polar surface area (TPSA) is 15.3 Å². The third-order valence-electron chi connectivity index (χ3n) is 3.15. The minimum Gasteiger partial charge on any atom is -0.360 e. The highest BCUT2D eigenvalue weighted by molar-refractivity contribution is 7.80. The van der Waals surface area contributed by atoms with E-state index >= 15 is 0 Å². The summed E-state index contributed by atoms with van der Waals surface area (Å²) in [6.45, 7) is 6.48. The Kier molecular flexibility index (Phi) is 3.67. The molecule has 1 aromatic rings. The fourth-order valence-electron chi connectivity index (χ4n) is 2.31. The van der Waals surface area contributed by atoms with Crippen molar-refractivity contribution in [3.63, 3.8) is 0 Å². The van der Waals surface area contributed by atoms with Gasteiger partial charge >= 0.3 is 0 Å². The first-order valence-corrected chi connectivity index (χ1v) is 6.68. The van der Waals surface area contributed by atoms with E-state index in [0.717, 1.165) is 18.0 Å².